The van der Waals surface area contributed by atoms with E-state index in [-0.39, 0.29) is 5.91 Å². The van der Waals surface area contributed by atoms with Gasteiger partial charge in [-0.25, -0.2) is 0 Å². The number of nitrogens with zero attached hydrogens (tertiary/aromatic N) is 1. The highest BCUT2D eigenvalue weighted by atomic mass is 16.5. The zero-order valence-corrected chi connectivity index (χ0v) is 19.0. The first-order chi connectivity index (χ1) is 15.7. The van der Waals surface area contributed by atoms with Crippen LogP contribution in [-0.2, 0) is 28.8 Å². The van der Waals surface area contributed by atoms with Gasteiger partial charge in [0.2, 0.25) is 0 Å². The minimum atomic E-state index is -0.0442. The van der Waals surface area contributed by atoms with Crippen LogP contribution in [0.3, 0.4) is 0 Å². The number of carbonyl (C=O) groups excluding carboxylic acids is 1. The monoisotopic (exact) mass is 435 g/mol. The molecule has 1 aromatic heterocycles. The van der Waals surface area contributed by atoms with Crippen LogP contribution in [0.5, 0.6) is 5.75 Å². The second-order valence-corrected chi connectivity index (χ2v) is 9.02. The summed E-state index contributed by atoms with van der Waals surface area (Å²) in [4.78, 5) is 19.0. The number of fused-ring (bicyclic) bond motifs is 2. The number of nitrogens with one attached hydrogen (secondary N) is 2. The Balaban J connectivity index is 1.44. The van der Waals surface area contributed by atoms with E-state index in [1.54, 1.807) is 7.11 Å². The molecule has 2 aromatic rings. The zero-order valence-electron chi connectivity index (χ0n) is 19.0. The summed E-state index contributed by atoms with van der Waals surface area (Å²) >= 11 is 0. The molecule has 170 valence electrons. The molecule has 0 radical (unpaired) electrons. The predicted octanol–water partition coefficient (Wildman–Crippen LogP) is 4.05. The first-order valence-electron chi connectivity index (χ1n) is 12.0. The Labute approximate surface area is 190 Å². The first kappa shape index (κ1) is 21.3. The molecule has 2 N–H and O–H groups in total. The van der Waals surface area contributed by atoms with Crippen LogP contribution in [0.1, 0.15) is 53.8 Å². The van der Waals surface area contributed by atoms with Gasteiger partial charge in [-0.05, 0) is 74.4 Å². The maximum Gasteiger partial charge on any atom is 0.256 e. The van der Waals surface area contributed by atoms with E-state index in [1.807, 2.05) is 18.2 Å². The van der Waals surface area contributed by atoms with Gasteiger partial charge in [-0.2, -0.15) is 0 Å². The van der Waals surface area contributed by atoms with E-state index in [0.29, 0.717) is 0 Å². The van der Waals surface area contributed by atoms with E-state index in [9.17, 15) is 4.79 Å². The highest BCUT2D eigenvalue weighted by Crippen LogP contribution is 2.37. The molecule has 6 nitrogen and oxygen atoms in total. The lowest BCUT2D eigenvalue weighted by Gasteiger charge is -2.26. The lowest BCUT2D eigenvalue weighted by molar-refractivity contribution is -0.110. The molecule has 2 aliphatic heterocycles. The summed E-state index contributed by atoms with van der Waals surface area (Å²) in [7, 11) is 1.64. The average Bonchev–Trinajstić information content (AvgIpc) is 3.19. The van der Waals surface area contributed by atoms with Gasteiger partial charge in [-0.3, -0.25) is 9.69 Å². The molecule has 3 heterocycles. The van der Waals surface area contributed by atoms with Crippen LogP contribution in [0, 0.1) is 0 Å². The number of H-pyrrole nitrogens is 1. The van der Waals surface area contributed by atoms with Gasteiger partial charge in [-0.1, -0.05) is 6.42 Å². The molecule has 5 rings (SSSR count). The van der Waals surface area contributed by atoms with Crippen molar-refractivity contribution in [1.29, 1.82) is 0 Å². The molecule has 6 heteroatoms. The summed E-state index contributed by atoms with van der Waals surface area (Å²) in [6.45, 7) is 4.85. The van der Waals surface area contributed by atoms with Gasteiger partial charge in [0.15, 0.2) is 0 Å². The van der Waals surface area contributed by atoms with Crippen LogP contribution >= 0.6 is 0 Å². The number of benzene rings is 1. The molecule has 3 aliphatic rings. The Hall–Kier alpha value is -2.57. The smallest absolute Gasteiger partial charge is 0.256 e. The molecule has 0 spiro atoms. The minimum absolute atomic E-state index is 0.0442. The molecular weight excluding hydrogens is 402 g/mol. The van der Waals surface area contributed by atoms with E-state index < -0.39 is 0 Å². The van der Waals surface area contributed by atoms with Crippen LogP contribution in [-0.4, -0.2) is 55.7 Å². The van der Waals surface area contributed by atoms with Gasteiger partial charge >= 0.3 is 0 Å². The van der Waals surface area contributed by atoms with E-state index in [0.717, 1.165) is 86.8 Å². The largest absolute Gasteiger partial charge is 0.497 e. The number of carbonyl (C=O) groups is 1. The quantitative estimate of drug-likeness (QED) is 0.531. The number of rotatable bonds is 6. The van der Waals surface area contributed by atoms with Crippen molar-refractivity contribution in [1.82, 2.24) is 9.88 Å². The van der Waals surface area contributed by atoms with Gasteiger partial charge < -0.3 is 19.8 Å². The van der Waals surface area contributed by atoms with Crippen molar-refractivity contribution < 1.29 is 14.3 Å². The van der Waals surface area contributed by atoms with Gasteiger partial charge in [0.1, 0.15) is 5.75 Å². The molecular formula is C26H33N3O3. The van der Waals surface area contributed by atoms with Crippen LogP contribution in [0.15, 0.2) is 18.2 Å². The molecule has 32 heavy (non-hydrogen) atoms. The fourth-order valence-electron chi connectivity index (χ4n) is 5.25. The summed E-state index contributed by atoms with van der Waals surface area (Å²) in [6.07, 6.45) is 10.3. The molecule has 1 amide bonds. The highest BCUT2D eigenvalue weighted by molar-refractivity contribution is 6.35. The van der Waals surface area contributed by atoms with E-state index >= 15 is 0 Å². The number of aryl methyl sites for hydroxylation is 1. The van der Waals surface area contributed by atoms with Crippen molar-refractivity contribution >= 4 is 23.2 Å². The van der Waals surface area contributed by atoms with Crippen molar-refractivity contribution in [3.05, 3.63) is 46.3 Å². The summed E-state index contributed by atoms with van der Waals surface area (Å²) in [5, 5.41) is 3.00. The SMILES string of the molecule is COc1ccc2c(c1)NC(=O)/C2=C\c1[nH]c2c(c1CCCN1CCOCC1)CCCCC2. The third-order valence-electron chi connectivity index (χ3n) is 7.00. The molecule has 1 aliphatic carbocycles. The number of methoxy groups -OCH3 is 1. The topological polar surface area (TPSA) is 66.6 Å². The number of hydrogen-bond acceptors (Lipinski definition) is 4. The van der Waals surface area contributed by atoms with Crippen molar-refractivity contribution in [3.8, 4) is 5.75 Å². The molecule has 0 unspecified atom stereocenters. The second kappa shape index (κ2) is 9.51. The number of hydrogen-bond donors (Lipinski definition) is 2. The lowest BCUT2D eigenvalue weighted by atomic mass is 9.98. The summed E-state index contributed by atoms with van der Waals surface area (Å²) in [6, 6.07) is 5.78. The second-order valence-electron chi connectivity index (χ2n) is 9.02. The summed E-state index contributed by atoms with van der Waals surface area (Å²) < 4.78 is 10.8. The Morgan fingerprint density at radius 1 is 1.16 bits per heavy atom. The van der Waals surface area contributed by atoms with Crippen molar-refractivity contribution in [2.45, 2.75) is 44.9 Å². The number of aromatic nitrogens is 1. The van der Waals surface area contributed by atoms with Crippen LogP contribution in [0.2, 0.25) is 0 Å². The third kappa shape index (κ3) is 4.34. The van der Waals surface area contributed by atoms with Gasteiger partial charge in [0.25, 0.3) is 5.91 Å². The predicted molar refractivity (Wildman–Crippen MR) is 127 cm³/mol. The fourth-order valence-corrected chi connectivity index (χ4v) is 5.25. The molecule has 0 bridgehead atoms. The minimum Gasteiger partial charge on any atom is -0.497 e. The number of morpholine rings is 1. The Kier molecular flexibility index (Phi) is 6.32. The summed E-state index contributed by atoms with van der Waals surface area (Å²) in [5.74, 6) is 0.706. The van der Waals surface area contributed by atoms with E-state index in [1.165, 1.54) is 36.1 Å². The average molecular weight is 436 g/mol. The number of aromatic amines is 1. The number of ether oxygens (including phenoxy) is 2. The fraction of sp³-hybridized carbons (Fsp3) is 0.500. The lowest BCUT2D eigenvalue weighted by Crippen LogP contribution is -2.37. The van der Waals surface area contributed by atoms with Gasteiger partial charge in [0, 0.05) is 36.1 Å². The Morgan fingerprint density at radius 3 is 2.84 bits per heavy atom. The molecule has 1 fully saturated rings. The highest BCUT2D eigenvalue weighted by Gasteiger charge is 2.26. The summed E-state index contributed by atoms with van der Waals surface area (Å²) in [5.41, 5.74) is 7.91. The standard InChI is InChI=1S/C26H33N3O3/c1-31-18-9-10-21-22(26(30)28-24(21)16-18)17-25-20(7-5-11-29-12-14-32-15-13-29)19-6-3-2-4-8-23(19)27-25/h9-10,16-17,27H,2-8,11-15H2,1H3,(H,28,30)/b22-17-. The van der Waals surface area contributed by atoms with Crippen molar-refractivity contribution in [2.75, 3.05) is 45.3 Å². The van der Waals surface area contributed by atoms with Crippen LogP contribution in [0.25, 0.3) is 11.6 Å². The normalized spacial score (nSPS) is 20.0. The number of amides is 1. The Bertz CT molecular complexity index is 1020. The molecule has 1 aromatic carbocycles. The van der Waals surface area contributed by atoms with Gasteiger partial charge in [0.05, 0.1) is 31.6 Å². The van der Waals surface area contributed by atoms with Crippen molar-refractivity contribution in [2.24, 2.45) is 0 Å². The zero-order chi connectivity index (χ0) is 21.9. The maximum atomic E-state index is 12.8. The van der Waals surface area contributed by atoms with Crippen LogP contribution in [0.4, 0.5) is 5.69 Å². The maximum absolute atomic E-state index is 12.8. The van der Waals surface area contributed by atoms with Crippen molar-refractivity contribution in [3.63, 3.8) is 0 Å². The third-order valence-corrected chi connectivity index (χ3v) is 7.00. The molecule has 0 atom stereocenters. The van der Waals surface area contributed by atoms with E-state index in [2.05, 4.69) is 21.3 Å². The van der Waals surface area contributed by atoms with E-state index in [4.69, 9.17) is 9.47 Å². The number of anilines is 1. The van der Waals surface area contributed by atoms with Gasteiger partial charge in [-0.15, -0.1) is 0 Å². The molecule has 0 saturated carbocycles. The molecule has 1 saturated heterocycles. The first-order valence-corrected chi connectivity index (χ1v) is 12.0. The van der Waals surface area contributed by atoms with Crippen LogP contribution < -0.4 is 10.1 Å². The Morgan fingerprint density at radius 2 is 2.00 bits per heavy atom.